The molecule has 4 heteroatoms. The summed E-state index contributed by atoms with van der Waals surface area (Å²) in [5.74, 6) is -0.162. The van der Waals surface area contributed by atoms with E-state index >= 15 is 0 Å². The predicted molar refractivity (Wildman–Crippen MR) is 69.4 cm³/mol. The maximum Gasteiger partial charge on any atom is 0.164 e. The standard InChI is InChI=1S/C14H19FN2O/c1-11-10-12(2-3-13(11)15)14(18)4-7-17-8-5-16-6-9-17/h2-3,10,16H,4-9H2,1H3. The van der Waals surface area contributed by atoms with Crippen molar-refractivity contribution in [3.05, 3.63) is 35.1 Å². The Hall–Kier alpha value is -1.26. The quantitative estimate of drug-likeness (QED) is 0.824. The molecule has 0 spiro atoms. The van der Waals surface area contributed by atoms with E-state index in [0.29, 0.717) is 17.5 Å². The number of rotatable bonds is 4. The van der Waals surface area contributed by atoms with E-state index < -0.39 is 0 Å². The average molecular weight is 250 g/mol. The summed E-state index contributed by atoms with van der Waals surface area (Å²) in [6, 6.07) is 4.57. The molecule has 0 atom stereocenters. The lowest BCUT2D eigenvalue weighted by Gasteiger charge is -2.26. The van der Waals surface area contributed by atoms with Gasteiger partial charge in [-0.05, 0) is 30.7 Å². The highest BCUT2D eigenvalue weighted by Gasteiger charge is 2.13. The van der Waals surface area contributed by atoms with Crippen LogP contribution in [0.15, 0.2) is 18.2 Å². The molecule has 1 fully saturated rings. The number of nitrogens with zero attached hydrogens (tertiary/aromatic N) is 1. The monoisotopic (exact) mass is 250 g/mol. The first-order valence-electron chi connectivity index (χ1n) is 6.39. The van der Waals surface area contributed by atoms with Gasteiger partial charge >= 0.3 is 0 Å². The summed E-state index contributed by atoms with van der Waals surface area (Å²) < 4.78 is 13.1. The number of piperazine rings is 1. The van der Waals surface area contributed by atoms with Crippen molar-refractivity contribution in [1.29, 1.82) is 0 Å². The summed E-state index contributed by atoms with van der Waals surface area (Å²) in [5, 5.41) is 3.28. The zero-order valence-electron chi connectivity index (χ0n) is 10.7. The maximum atomic E-state index is 13.1. The van der Waals surface area contributed by atoms with Crippen LogP contribution in [0, 0.1) is 12.7 Å². The fourth-order valence-electron chi connectivity index (χ4n) is 2.16. The molecule has 1 heterocycles. The van der Waals surface area contributed by atoms with E-state index in [1.54, 1.807) is 19.1 Å². The molecule has 1 N–H and O–H groups in total. The highest BCUT2D eigenvalue weighted by Crippen LogP contribution is 2.11. The Labute approximate surface area is 107 Å². The van der Waals surface area contributed by atoms with Gasteiger partial charge in [0.1, 0.15) is 5.82 Å². The topological polar surface area (TPSA) is 32.3 Å². The third-order valence-electron chi connectivity index (χ3n) is 3.34. The Kier molecular flexibility index (Phi) is 4.44. The lowest BCUT2D eigenvalue weighted by molar-refractivity contribution is 0.0960. The lowest BCUT2D eigenvalue weighted by Crippen LogP contribution is -2.44. The van der Waals surface area contributed by atoms with Gasteiger partial charge in [-0.2, -0.15) is 0 Å². The van der Waals surface area contributed by atoms with E-state index in [2.05, 4.69) is 10.2 Å². The molecule has 0 radical (unpaired) electrons. The SMILES string of the molecule is Cc1cc(C(=O)CCN2CCNCC2)ccc1F. The van der Waals surface area contributed by atoms with Crippen molar-refractivity contribution in [3.63, 3.8) is 0 Å². The van der Waals surface area contributed by atoms with Gasteiger partial charge in [0.2, 0.25) is 0 Å². The first-order chi connectivity index (χ1) is 8.66. The first kappa shape index (κ1) is 13.2. The Morgan fingerprint density at radius 2 is 2.11 bits per heavy atom. The van der Waals surface area contributed by atoms with Gasteiger partial charge in [0.25, 0.3) is 0 Å². The van der Waals surface area contributed by atoms with Crippen molar-refractivity contribution >= 4 is 5.78 Å². The maximum absolute atomic E-state index is 13.1. The van der Waals surface area contributed by atoms with Crippen LogP contribution in [-0.4, -0.2) is 43.4 Å². The minimum absolute atomic E-state index is 0.0941. The molecular formula is C14H19FN2O. The van der Waals surface area contributed by atoms with Crippen LogP contribution in [0.1, 0.15) is 22.3 Å². The van der Waals surface area contributed by atoms with Crippen molar-refractivity contribution in [2.24, 2.45) is 0 Å². The van der Waals surface area contributed by atoms with Gasteiger partial charge in [0.05, 0.1) is 0 Å². The highest BCUT2D eigenvalue weighted by atomic mass is 19.1. The Morgan fingerprint density at radius 3 is 2.78 bits per heavy atom. The first-order valence-corrected chi connectivity index (χ1v) is 6.39. The van der Waals surface area contributed by atoms with Crippen LogP contribution < -0.4 is 5.32 Å². The van der Waals surface area contributed by atoms with Crippen molar-refractivity contribution in [2.75, 3.05) is 32.7 Å². The minimum Gasteiger partial charge on any atom is -0.314 e. The van der Waals surface area contributed by atoms with Crippen LogP contribution in [0.25, 0.3) is 0 Å². The van der Waals surface area contributed by atoms with E-state index in [0.717, 1.165) is 32.7 Å². The van der Waals surface area contributed by atoms with Gasteiger partial charge in [-0.1, -0.05) is 0 Å². The zero-order chi connectivity index (χ0) is 13.0. The summed E-state index contributed by atoms with van der Waals surface area (Å²) in [4.78, 5) is 14.3. The van der Waals surface area contributed by atoms with Gasteiger partial charge in [-0.3, -0.25) is 4.79 Å². The summed E-state index contributed by atoms with van der Waals surface area (Å²) in [5.41, 5.74) is 1.15. The number of carbonyl (C=O) groups excluding carboxylic acids is 1. The number of aryl methyl sites for hydroxylation is 1. The molecule has 18 heavy (non-hydrogen) atoms. The number of nitrogens with one attached hydrogen (secondary N) is 1. The summed E-state index contributed by atoms with van der Waals surface area (Å²) in [6.45, 7) is 6.44. The van der Waals surface area contributed by atoms with Crippen LogP contribution >= 0.6 is 0 Å². The molecule has 1 aromatic rings. The Balaban J connectivity index is 1.88. The second kappa shape index (κ2) is 6.07. The zero-order valence-corrected chi connectivity index (χ0v) is 10.7. The third kappa shape index (κ3) is 3.37. The molecule has 0 amide bonds. The number of hydrogen-bond acceptors (Lipinski definition) is 3. The van der Waals surface area contributed by atoms with Gasteiger partial charge in [-0.15, -0.1) is 0 Å². The normalized spacial score (nSPS) is 16.8. The summed E-state index contributed by atoms with van der Waals surface area (Å²) >= 11 is 0. The van der Waals surface area contributed by atoms with Crippen LogP contribution in [0.4, 0.5) is 4.39 Å². The fourth-order valence-corrected chi connectivity index (χ4v) is 2.16. The number of hydrogen-bond donors (Lipinski definition) is 1. The largest absolute Gasteiger partial charge is 0.314 e. The third-order valence-corrected chi connectivity index (χ3v) is 3.34. The van der Waals surface area contributed by atoms with Crippen LogP contribution in [0.2, 0.25) is 0 Å². The van der Waals surface area contributed by atoms with Crippen molar-refractivity contribution < 1.29 is 9.18 Å². The molecule has 0 unspecified atom stereocenters. The number of ketones is 1. The van der Waals surface area contributed by atoms with Crippen molar-refractivity contribution in [3.8, 4) is 0 Å². The molecule has 3 nitrogen and oxygen atoms in total. The molecule has 1 aliphatic heterocycles. The number of carbonyl (C=O) groups is 1. The highest BCUT2D eigenvalue weighted by molar-refractivity contribution is 5.96. The number of benzene rings is 1. The van der Waals surface area contributed by atoms with Gasteiger partial charge in [0.15, 0.2) is 5.78 Å². The fraction of sp³-hybridized carbons (Fsp3) is 0.500. The van der Waals surface area contributed by atoms with E-state index in [1.165, 1.54) is 6.07 Å². The average Bonchev–Trinajstić information content (AvgIpc) is 2.40. The molecule has 98 valence electrons. The smallest absolute Gasteiger partial charge is 0.164 e. The summed E-state index contributed by atoms with van der Waals surface area (Å²) in [6.07, 6.45) is 0.505. The van der Waals surface area contributed by atoms with Crippen molar-refractivity contribution in [2.45, 2.75) is 13.3 Å². The van der Waals surface area contributed by atoms with E-state index in [9.17, 15) is 9.18 Å². The van der Waals surface area contributed by atoms with Crippen LogP contribution in [-0.2, 0) is 0 Å². The van der Waals surface area contributed by atoms with Crippen LogP contribution in [0.5, 0.6) is 0 Å². The van der Waals surface area contributed by atoms with E-state index in [1.807, 2.05) is 0 Å². The van der Waals surface area contributed by atoms with E-state index in [4.69, 9.17) is 0 Å². The second-order valence-electron chi connectivity index (χ2n) is 4.73. The molecule has 1 aromatic carbocycles. The van der Waals surface area contributed by atoms with Gasteiger partial charge in [0, 0.05) is 44.7 Å². The van der Waals surface area contributed by atoms with Gasteiger partial charge < -0.3 is 10.2 Å². The molecular weight excluding hydrogens is 231 g/mol. The van der Waals surface area contributed by atoms with Crippen LogP contribution in [0.3, 0.4) is 0 Å². The molecule has 0 saturated carbocycles. The predicted octanol–water partition coefficient (Wildman–Crippen LogP) is 1.61. The molecule has 2 rings (SSSR count). The number of halogens is 1. The Morgan fingerprint density at radius 1 is 1.39 bits per heavy atom. The van der Waals surface area contributed by atoms with Gasteiger partial charge in [-0.25, -0.2) is 4.39 Å². The number of Topliss-reactive ketones (excluding diaryl/α,β-unsaturated/α-hetero) is 1. The van der Waals surface area contributed by atoms with Crippen molar-refractivity contribution in [1.82, 2.24) is 10.2 Å². The second-order valence-corrected chi connectivity index (χ2v) is 4.73. The minimum atomic E-state index is -0.256. The summed E-state index contributed by atoms with van der Waals surface area (Å²) in [7, 11) is 0. The lowest BCUT2D eigenvalue weighted by atomic mass is 10.1. The molecule has 0 bridgehead atoms. The molecule has 1 aliphatic rings. The molecule has 0 aromatic heterocycles. The Bertz CT molecular complexity index is 428. The molecule has 1 saturated heterocycles. The molecule has 0 aliphatic carbocycles. The van der Waals surface area contributed by atoms with E-state index in [-0.39, 0.29) is 11.6 Å².